The Morgan fingerprint density at radius 3 is 2.63 bits per heavy atom. The van der Waals surface area contributed by atoms with Crippen LogP contribution >= 0.6 is 26.6 Å². The number of carbonyl (C=O) groups excluding carboxylic acids is 1. The molecular formula is C12H11BrClNO3S. The van der Waals surface area contributed by atoms with Gasteiger partial charge < -0.3 is 0 Å². The summed E-state index contributed by atoms with van der Waals surface area (Å²) in [4.78, 5) is 11.6. The van der Waals surface area contributed by atoms with Crippen LogP contribution in [0.25, 0.3) is 0 Å². The molecule has 0 aromatic heterocycles. The van der Waals surface area contributed by atoms with E-state index >= 15 is 0 Å². The van der Waals surface area contributed by atoms with Gasteiger partial charge in [0.1, 0.15) is 0 Å². The summed E-state index contributed by atoms with van der Waals surface area (Å²) in [5.41, 5.74) is 1.65. The van der Waals surface area contributed by atoms with Crippen LogP contribution in [0.4, 0.5) is 0 Å². The van der Waals surface area contributed by atoms with Crippen molar-refractivity contribution < 1.29 is 13.2 Å². The summed E-state index contributed by atoms with van der Waals surface area (Å²) in [5.74, 6) is -0.407. The molecule has 1 spiro atoms. The van der Waals surface area contributed by atoms with Crippen LogP contribution in [0.1, 0.15) is 24.0 Å². The van der Waals surface area contributed by atoms with E-state index in [1.165, 1.54) is 5.56 Å². The highest BCUT2D eigenvalue weighted by Gasteiger charge is 2.57. The topological polar surface area (TPSA) is 54.5 Å². The third kappa shape index (κ3) is 2.10. The molecule has 0 saturated carbocycles. The minimum atomic E-state index is -3.99. The number of rotatable bonds is 1. The molecule has 1 aliphatic carbocycles. The van der Waals surface area contributed by atoms with Crippen LogP contribution in [0.15, 0.2) is 22.7 Å². The second kappa shape index (κ2) is 4.20. The van der Waals surface area contributed by atoms with E-state index in [1.54, 1.807) is 0 Å². The van der Waals surface area contributed by atoms with Gasteiger partial charge in [-0.3, -0.25) is 4.79 Å². The molecule has 0 N–H and O–H groups in total. The number of hydrogen-bond donors (Lipinski definition) is 0. The lowest BCUT2D eigenvalue weighted by Crippen LogP contribution is -2.66. The Kier molecular flexibility index (Phi) is 2.96. The van der Waals surface area contributed by atoms with Gasteiger partial charge in [-0.1, -0.05) is 22.0 Å². The maximum Gasteiger partial charge on any atom is 0.324 e. The summed E-state index contributed by atoms with van der Waals surface area (Å²) in [6.45, 7) is 0. The number of carbonyl (C=O) groups is 1. The van der Waals surface area contributed by atoms with Gasteiger partial charge in [0.15, 0.2) is 0 Å². The van der Waals surface area contributed by atoms with Crippen molar-refractivity contribution >= 4 is 41.8 Å². The number of halogens is 2. The van der Waals surface area contributed by atoms with Crippen molar-refractivity contribution in [2.75, 3.05) is 0 Å². The van der Waals surface area contributed by atoms with Gasteiger partial charge in [-0.25, -0.2) is 4.31 Å². The van der Waals surface area contributed by atoms with Crippen LogP contribution in [-0.4, -0.2) is 24.2 Å². The highest BCUT2D eigenvalue weighted by atomic mass is 79.9. The molecule has 4 nitrogen and oxygen atoms in total. The average Bonchev–Trinajstić information content (AvgIpc) is 2.26. The summed E-state index contributed by atoms with van der Waals surface area (Å²) in [6.07, 6.45) is 2.20. The Morgan fingerprint density at radius 1 is 1.26 bits per heavy atom. The van der Waals surface area contributed by atoms with E-state index in [9.17, 15) is 13.2 Å². The third-order valence-corrected chi connectivity index (χ3v) is 5.84. The lowest BCUT2D eigenvalue weighted by Gasteiger charge is -2.51. The van der Waals surface area contributed by atoms with Gasteiger partial charge in [0.25, 0.3) is 0 Å². The Hall–Kier alpha value is -0.590. The van der Waals surface area contributed by atoms with E-state index in [1.807, 2.05) is 18.2 Å². The first-order valence-corrected chi connectivity index (χ1v) is 8.93. The Balaban J connectivity index is 1.98. The van der Waals surface area contributed by atoms with Gasteiger partial charge in [-0.2, -0.15) is 8.42 Å². The van der Waals surface area contributed by atoms with Gasteiger partial charge >= 0.3 is 9.24 Å². The van der Waals surface area contributed by atoms with Crippen LogP contribution in [0.3, 0.4) is 0 Å². The first-order valence-electron chi connectivity index (χ1n) is 5.87. The van der Waals surface area contributed by atoms with Crippen molar-refractivity contribution in [2.24, 2.45) is 0 Å². The number of benzene rings is 1. The molecule has 1 heterocycles. The summed E-state index contributed by atoms with van der Waals surface area (Å²) in [5, 5.41) is 0. The fourth-order valence-electron chi connectivity index (χ4n) is 3.09. The van der Waals surface area contributed by atoms with E-state index in [0.29, 0.717) is 12.8 Å². The molecule has 0 radical (unpaired) electrons. The van der Waals surface area contributed by atoms with Crippen LogP contribution in [0.5, 0.6) is 0 Å². The lowest BCUT2D eigenvalue weighted by atomic mass is 9.72. The molecule has 102 valence electrons. The van der Waals surface area contributed by atoms with E-state index < -0.39 is 20.7 Å². The zero-order valence-electron chi connectivity index (χ0n) is 9.90. The molecule has 3 rings (SSSR count). The highest BCUT2D eigenvalue weighted by Crippen LogP contribution is 2.45. The maximum atomic E-state index is 11.6. The predicted molar refractivity (Wildman–Crippen MR) is 75.1 cm³/mol. The maximum absolute atomic E-state index is 11.6. The second-order valence-electron chi connectivity index (χ2n) is 5.09. The zero-order chi connectivity index (χ0) is 13.8. The first kappa shape index (κ1) is 13.4. The lowest BCUT2D eigenvalue weighted by molar-refractivity contribution is -0.145. The Labute approximate surface area is 124 Å². The zero-order valence-corrected chi connectivity index (χ0v) is 13.1. The van der Waals surface area contributed by atoms with Crippen molar-refractivity contribution in [1.82, 2.24) is 4.31 Å². The summed E-state index contributed by atoms with van der Waals surface area (Å²) in [7, 11) is 1.39. The summed E-state index contributed by atoms with van der Waals surface area (Å²) < 4.78 is 24.9. The van der Waals surface area contributed by atoms with Crippen molar-refractivity contribution in [3.8, 4) is 0 Å². The number of aryl methyl sites for hydroxylation is 1. The van der Waals surface area contributed by atoms with E-state index in [0.717, 1.165) is 20.8 Å². The molecule has 19 heavy (non-hydrogen) atoms. The number of amides is 1. The largest absolute Gasteiger partial charge is 0.324 e. The molecule has 2 aliphatic rings. The molecule has 1 aromatic rings. The molecule has 1 atom stereocenters. The number of hydrogen-bond acceptors (Lipinski definition) is 3. The molecule has 0 bridgehead atoms. The monoisotopic (exact) mass is 363 g/mol. The van der Waals surface area contributed by atoms with E-state index in [-0.39, 0.29) is 6.42 Å². The number of β-lactam (4-membered cyclic amide) rings is 1. The molecule has 1 aromatic carbocycles. The first-order chi connectivity index (χ1) is 8.82. The molecule has 7 heteroatoms. The van der Waals surface area contributed by atoms with Crippen molar-refractivity contribution in [3.63, 3.8) is 0 Å². The van der Waals surface area contributed by atoms with Gasteiger partial charge in [-0.05, 0) is 42.5 Å². The summed E-state index contributed by atoms with van der Waals surface area (Å²) in [6, 6.07) is 5.95. The molecule has 1 amide bonds. The van der Waals surface area contributed by atoms with E-state index in [2.05, 4.69) is 15.9 Å². The molecule has 1 saturated heterocycles. The van der Waals surface area contributed by atoms with Crippen LogP contribution in [-0.2, 0) is 26.9 Å². The fraction of sp³-hybridized carbons (Fsp3) is 0.417. The van der Waals surface area contributed by atoms with Gasteiger partial charge in [0.2, 0.25) is 5.91 Å². The summed E-state index contributed by atoms with van der Waals surface area (Å²) >= 11 is 3.42. The van der Waals surface area contributed by atoms with Gasteiger partial charge in [0, 0.05) is 15.2 Å². The third-order valence-electron chi connectivity index (χ3n) is 3.90. The van der Waals surface area contributed by atoms with Crippen LogP contribution in [0.2, 0.25) is 0 Å². The van der Waals surface area contributed by atoms with Gasteiger partial charge in [-0.15, -0.1) is 0 Å². The Morgan fingerprint density at radius 2 is 2.00 bits per heavy atom. The molecule has 1 aliphatic heterocycles. The molecule has 1 unspecified atom stereocenters. The Bertz CT molecular complexity index is 676. The van der Waals surface area contributed by atoms with Crippen molar-refractivity contribution in [1.29, 1.82) is 0 Å². The normalized spacial score (nSPS) is 26.2. The van der Waals surface area contributed by atoms with Crippen molar-refractivity contribution in [3.05, 3.63) is 33.8 Å². The predicted octanol–water partition coefficient (Wildman–Crippen LogP) is 2.39. The number of fused-ring (bicyclic) bond motifs is 1. The highest BCUT2D eigenvalue weighted by molar-refractivity contribution is 9.10. The van der Waals surface area contributed by atoms with Crippen LogP contribution in [0, 0.1) is 0 Å². The van der Waals surface area contributed by atoms with Gasteiger partial charge in [0.05, 0.1) is 12.0 Å². The quantitative estimate of drug-likeness (QED) is 0.568. The van der Waals surface area contributed by atoms with E-state index in [4.69, 9.17) is 10.7 Å². The average molecular weight is 365 g/mol. The SMILES string of the molecule is O=C1CC2(CCc3cc(Br)ccc3C2)N1S(=O)(=O)Cl. The molecule has 1 fully saturated rings. The minimum absolute atomic E-state index is 0.258. The minimum Gasteiger partial charge on any atom is -0.274 e. The van der Waals surface area contributed by atoms with Crippen molar-refractivity contribution in [2.45, 2.75) is 31.2 Å². The number of nitrogens with zero attached hydrogens (tertiary/aromatic N) is 1. The van der Waals surface area contributed by atoms with Crippen LogP contribution < -0.4 is 0 Å². The second-order valence-corrected chi connectivity index (χ2v) is 8.37. The fourth-order valence-corrected chi connectivity index (χ4v) is 5.15. The molecular weight excluding hydrogens is 354 g/mol. The standard InChI is InChI=1S/C12H11BrClNO3S/c13-10-2-1-9-6-12(4-3-8(9)5-10)7-11(16)15(12)19(14,17)18/h1-2,5H,3-4,6-7H2. The smallest absolute Gasteiger partial charge is 0.274 e.